The lowest BCUT2D eigenvalue weighted by molar-refractivity contribution is 0.632. The quantitative estimate of drug-likeness (QED) is 0.578. The van der Waals surface area contributed by atoms with Crippen LogP contribution in [0.5, 0.6) is 0 Å². The van der Waals surface area contributed by atoms with Gasteiger partial charge in [0, 0.05) is 4.75 Å². The van der Waals surface area contributed by atoms with Crippen molar-refractivity contribution in [2.45, 2.75) is 38.4 Å². The molecule has 0 aliphatic rings. The lowest BCUT2D eigenvalue weighted by Gasteiger charge is -2.14. The fraction of sp³-hybridized carbons (Fsp3) is 1.00. The summed E-state index contributed by atoms with van der Waals surface area (Å²) < 4.78 is 0.245. The summed E-state index contributed by atoms with van der Waals surface area (Å²) in [5.41, 5.74) is 0. The molecule has 0 aromatic carbocycles. The molecule has 0 atom stereocenters. The van der Waals surface area contributed by atoms with Gasteiger partial charge in [-0.05, 0) is 6.42 Å². The highest BCUT2D eigenvalue weighted by molar-refractivity contribution is 7.81. The molecule has 0 saturated carbocycles. The fourth-order valence-corrected chi connectivity index (χ4v) is 0.835. The van der Waals surface area contributed by atoms with Crippen molar-refractivity contribution in [1.29, 1.82) is 0 Å². The molecule has 0 N–H and O–H groups in total. The third-order valence-electron chi connectivity index (χ3n) is 0.862. The number of rotatable bonds is 2. The highest BCUT2D eigenvalue weighted by Gasteiger charge is 2.07. The summed E-state index contributed by atoms with van der Waals surface area (Å²) in [5, 5.41) is 0. The molecule has 0 aromatic rings. The van der Waals surface area contributed by atoms with Crippen molar-refractivity contribution >= 4 is 26.1 Å². The Hall–Kier alpha value is 0.700. The molecule has 0 spiro atoms. The van der Waals surface area contributed by atoms with E-state index in [1.165, 1.54) is 12.8 Å². The Morgan fingerprint density at radius 1 is 1.38 bits per heavy atom. The van der Waals surface area contributed by atoms with E-state index in [9.17, 15) is 0 Å². The Bertz CT molecular complexity index is 45.0. The standard InChI is InChI=1S/C6H14S.H2S/c1-4-5-6(2,3)7;/h7H,4-5H2,1-3H3;1H2. The van der Waals surface area contributed by atoms with Crippen LogP contribution < -0.4 is 0 Å². The van der Waals surface area contributed by atoms with Crippen molar-refractivity contribution in [1.82, 2.24) is 0 Å². The van der Waals surface area contributed by atoms with E-state index < -0.39 is 0 Å². The smallest absolute Gasteiger partial charge is 0.00730 e. The maximum absolute atomic E-state index is 4.33. The Kier molecular flexibility index (Phi) is 6.56. The van der Waals surface area contributed by atoms with Crippen molar-refractivity contribution in [2.75, 3.05) is 0 Å². The molecule has 0 rings (SSSR count). The van der Waals surface area contributed by atoms with Crippen LogP contribution >= 0.6 is 26.1 Å². The first-order valence-electron chi connectivity index (χ1n) is 2.78. The van der Waals surface area contributed by atoms with Crippen LogP contribution in [0.25, 0.3) is 0 Å². The van der Waals surface area contributed by atoms with E-state index in [2.05, 4.69) is 33.4 Å². The van der Waals surface area contributed by atoms with E-state index in [4.69, 9.17) is 0 Å². The van der Waals surface area contributed by atoms with E-state index in [0.717, 1.165) is 0 Å². The lowest BCUT2D eigenvalue weighted by Crippen LogP contribution is -2.08. The zero-order chi connectivity index (χ0) is 5.91. The van der Waals surface area contributed by atoms with Gasteiger partial charge in [-0.2, -0.15) is 26.1 Å². The van der Waals surface area contributed by atoms with Crippen LogP contribution in [0.4, 0.5) is 0 Å². The van der Waals surface area contributed by atoms with Gasteiger partial charge in [-0.3, -0.25) is 0 Å². The van der Waals surface area contributed by atoms with Crippen molar-refractivity contribution in [3.8, 4) is 0 Å². The molecule has 8 heavy (non-hydrogen) atoms. The molecule has 0 fully saturated rings. The maximum atomic E-state index is 4.33. The second kappa shape index (κ2) is 4.57. The molecule has 0 aliphatic heterocycles. The Morgan fingerprint density at radius 3 is 1.75 bits per heavy atom. The van der Waals surface area contributed by atoms with Crippen LogP contribution in [-0.4, -0.2) is 4.75 Å². The van der Waals surface area contributed by atoms with Crippen LogP contribution in [0.1, 0.15) is 33.6 Å². The van der Waals surface area contributed by atoms with Gasteiger partial charge in [-0.1, -0.05) is 27.2 Å². The monoisotopic (exact) mass is 152 g/mol. The van der Waals surface area contributed by atoms with Gasteiger partial charge < -0.3 is 0 Å². The van der Waals surface area contributed by atoms with Crippen LogP contribution in [0.15, 0.2) is 0 Å². The summed E-state index contributed by atoms with van der Waals surface area (Å²) in [7, 11) is 0. The van der Waals surface area contributed by atoms with Crippen LogP contribution in [0.2, 0.25) is 0 Å². The van der Waals surface area contributed by atoms with E-state index >= 15 is 0 Å². The predicted octanol–water partition coefficient (Wildman–Crippen LogP) is 2.61. The first-order chi connectivity index (χ1) is 3.06. The first kappa shape index (κ1) is 11.5. The maximum Gasteiger partial charge on any atom is 0.00730 e. The van der Waals surface area contributed by atoms with Crippen molar-refractivity contribution in [3.63, 3.8) is 0 Å². The lowest BCUT2D eigenvalue weighted by atomic mass is 10.1. The summed E-state index contributed by atoms with van der Waals surface area (Å²) in [6.45, 7) is 6.46. The largest absolute Gasteiger partial charge is 0.197 e. The third kappa shape index (κ3) is 9.85. The van der Waals surface area contributed by atoms with E-state index in [0.29, 0.717) is 0 Å². The molecule has 0 aromatic heterocycles. The van der Waals surface area contributed by atoms with Gasteiger partial charge in [-0.25, -0.2) is 0 Å². The van der Waals surface area contributed by atoms with Gasteiger partial charge in [0.2, 0.25) is 0 Å². The Balaban J connectivity index is 0. The molecule has 0 amide bonds. The molecule has 0 bridgehead atoms. The molecule has 0 unspecified atom stereocenters. The number of hydrogen-bond acceptors (Lipinski definition) is 1. The van der Waals surface area contributed by atoms with E-state index in [1.54, 1.807) is 0 Å². The van der Waals surface area contributed by atoms with Gasteiger partial charge >= 0.3 is 0 Å². The molecule has 0 aliphatic carbocycles. The highest BCUT2D eigenvalue weighted by Crippen LogP contribution is 2.17. The molecule has 2 heteroatoms. The van der Waals surface area contributed by atoms with Gasteiger partial charge in [0.15, 0.2) is 0 Å². The Morgan fingerprint density at radius 2 is 1.75 bits per heavy atom. The van der Waals surface area contributed by atoms with Crippen molar-refractivity contribution < 1.29 is 0 Å². The number of hydrogen-bond donors (Lipinski definition) is 1. The van der Waals surface area contributed by atoms with Crippen molar-refractivity contribution in [3.05, 3.63) is 0 Å². The zero-order valence-corrected chi connectivity index (χ0v) is 7.76. The predicted molar refractivity (Wildman–Crippen MR) is 48.4 cm³/mol. The van der Waals surface area contributed by atoms with Crippen LogP contribution in [0.3, 0.4) is 0 Å². The minimum atomic E-state index is 0. The summed E-state index contributed by atoms with van der Waals surface area (Å²) in [6, 6.07) is 0. The Labute approximate surface area is 64.9 Å². The second-order valence-corrected chi connectivity index (χ2v) is 3.77. The van der Waals surface area contributed by atoms with Crippen LogP contribution in [-0.2, 0) is 0 Å². The van der Waals surface area contributed by atoms with E-state index in [1.807, 2.05) is 0 Å². The molecule has 0 nitrogen and oxygen atoms in total. The molecule has 0 saturated heterocycles. The van der Waals surface area contributed by atoms with Crippen LogP contribution in [0, 0.1) is 0 Å². The fourth-order valence-electron chi connectivity index (χ4n) is 0.612. The molecular weight excluding hydrogens is 136 g/mol. The SMILES string of the molecule is CCCC(C)(C)S.S. The van der Waals surface area contributed by atoms with E-state index in [-0.39, 0.29) is 18.2 Å². The summed E-state index contributed by atoms with van der Waals surface area (Å²) in [6.07, 6.45) is 2.44. The summed E-state index contributed by atoms with van der Waals surface area (Å²) in [5.74, 6) is 0. The van der Waals surface area contributed by atoms with Crippen molar-refractivity contribution in [2.24, 2.45) is 0 Å². The first-order valence-corrected chi connectivity index (χ1v) is 3.23. The minimum absolute atomic E-state index is 0. The summed E-state index contributed by atoms with van der Waals surface area (Å²) >= 11 is 4.33. The number of thiol groups is 1. The average molecular weight is 152 g/mol. The van der Waals surface area contributed by atoms with Gasteiger partial charge in [-0.15, -0.1) is 0 Å². The topological polar surface area (TPSA) is 0 Å². The molecular formula is C6H16S2. The minimum Gasteiger partial charge on any atom is -0.197 e. The molecule has 0 heterocycles. The zero-order valence-electron chi connectivity index (χ0n) is 5.86. The normalized spacial score (nSPS) is 10.5. The van der Waals surface area contributed by atoms with Gasteiger partial charge in [0.05, 0.1) is 0 Å². The third-order valence-corrected chi connectivity index (χ3v) is 1.09. The molecule has 52 valence electrons. The summed E-state index contributed by atoms with van der Waals surface area (Å²) in [4.78, 5) is 0. The van der Waals surface area contributed by atoms with Gasteiger partial charge in [0.1, 0.15) is 0 Å². The average Bonchev–Trinajstić information content (AvgIpc) is 1.30. The second-order valence-electron chi connectivity index (χ2n) is 2.56. The van der Waals surface area contributed by atoms with Gasteiger partial charge in [0.25, 0.3) is 0 Å². The highest BCUT2D eigenvalue weighted by atomic mass is 32.1. The molecule has 0 radical (unpaired) electrons.